The predicted molar refractivity (Wildman–Crippen MR) is 110 cm³/mol. The van der Waals surface area contributed by atoms with E-state index < -0.39 is 11.8 Å². The van der Waals surface area contributed by atoms with Gasteiger partial charge >= 0.3 is 0 Å². The van der Waals surface area contributed by atoms with Crippen LogP contribution in [-0.2, 0) is 0 Å². The van der Waals surface area contributed by atoms with Gasteiger partial charge in [0.2, 0.25) is 0 Å². The van der Waals surface area contributed by atoms with Crippen LogP contribution in [0.3, 0.4) is 0 Å². The fourth-order valence-corrected chi connectivity index (χ4v) is 3.37. The van der Waals surface area contributed by atoms with E-state index in [-0.39, 0.29) is 11.7 Å². The van der Waals surface area contributed by atoms with Gasteiger partial charge in [-0.1, -0.05) is 29.8 Å². The van der Waals surface area contributed by atoms with E-state index in [0.29, 0.717) is 33.1 Å². The van der Waals surface area contributed by atoms with Crippen molar-refractivity contribution in [3.05, 3.63) is 88.4 Å². The minimum Gasteiger partial charge on any atom is -0.494 e. The van der Waals surface area contributed by atoms with Crippen molar-refractivity contribution < 1.29 is 19.1 Å². The third kappa shape index (κ3) is 3.34. The third-order valence-corrected chi connectivity index (χ3v) is 4.79. The first kappa shape index (κ1) is 18.7. The summed E-state index contributed by atoms with van der Waals surface area (Å²) in [5.74, 6) is -0.898. The van der Waals surface area contributed by atoms with Crippen LogP contribution in [0.15, 0.2) is 66.7 Å². The Kier molecular flexibility index (Phi) is 4.78. The number of rotatable bonds is 4. The number of ether oxygens (including phenoxy) is 1. The first-order valence-corrected chi connectivity index (χ1v) is 9.10. The molecule has 6 nitrogen and oxygen atoms in total. The van der Waals surface area contributed by atoms with Crippen LogP contribution >= 0.6 is 11.6 Å². The highest BCUT2D eigenvalue weighted by Crippen LogP contribution is 2.36. The molecular weight excluding hydrogens is 392 g/mol. The Labute approximate surface area is 171 Å². The largest absolute Gasteiger partial charge is 0.494 e. The number of nitrogens with zero attached hydrogens (tertiary/aromatic N) is 1. The summed E-state index contributed by atoms with van der Waals surface area (Å²) in [4.78, 5) is 39.0. The van der Waals surface area contributed by atoms with Gasteiger partial charge in [-0.05, 0) is 42.5 Å². The number of fused-ring (bicyclic) bond motifs is 1. The molecule has 1 aliphatic rings. The van der Waals surface area contributed by atoms with E-state index >= 15 is 0 Å². The number of benzene rings is 3. The van der Waals surface area contributed by atoms with Crippen LogP contribution in [0.2, 0.25) is 5.02 Å². The Hall–Kier alpha value is -3.64. The number of hydrogen-bond acceptors (Lipinski definition) is 4. The molecule has 0 spiro atoms. The molecule has 0 aliphatic carbocycles. The molecule has 0 aromatic heterocycles. The van der Waals surface area contributed by atoms with E-state index in [0.717, 1.165) is 4.90 Å². The number of imide groups is 1. The van der Waals surface area contributed by atoms with Gasteiger partial charge in [-0.25, -0.2) is 4.90 Å². The average Bonchev–Trinajstić information content (AvgIpc) is 2.98. The summed E-state index contributed by atoms with van der Waals surface area (Å²) in [6, 6.07) is 17.9. The second-order valence-corrected chi connectivity index (χ2v) is 6.78. The number of carbonyl (C=O) groups is 3. The number of amides is 3. The summed E-state index contributed by atoms with van der Waals surface area (Å²) in [6.07, 6.45) is 0. The molecule has 0 saturated heterocycles. The molecule has 3 aromatic rings. The number of nitrogens with one attached hydrogen (secondary N) is 1. The van der Waals surface area contributed by atoms with E-state index in [1.807, 2.05) is 0 Å². The smallest absolute Gasteiger partial charge is 0.266 e. The maximum Gasteiger partial charge on any atom is 0.266 e. The van der Waals surface area contributed by atoms with Crippen molar-refractivity contribution in [2.45, 2.75) is 0 Å². The van der Waals surface area contributed by atoms with Crippen molar-refractivity contribution in [3.8, 4) is 5.75 Å². The normalized spacial score (nSPS) is 12.7. The van der Waals surface area contributed by atoms with Gasteiger partial charge in [-0.2, -0.15) is 0 Å². The molecule has 0 bridgehead atoms. The van der Waals surface area contributed by atoms with Gasteiger partial charge in [0.15, 0.2) is 0 Å². The highest BCUT2D eigenvalue weighted by molar-refractivity contribution is 6.35. The van der Waals surface area contributed by atoms with Crippen LogP contribution in [-0.4, -0.2) is 24.8 Å². The molecule has 3 amide bonds. The Morgan fingerprint density at radius 1 is 0.931 bits per heavy atom. The third-order valence-electron chi connectivity index (χ3n) is 4.56. The number of carbonyl (C=O) groups excluding carboxylic acids is 3. The zero-order valence-electron chi connectivity index (χ0n) is 15.3. The topological polar surface area (TPSA) is 75.7 Å². The van der Waals surface area contributed by atoms with Crippen LogP contribution in [0.25, 0.3) is 0 Å². The highest BCUT2D eigenvalue weighted by Gasteiger charge is 2.37. The number of hydrogen-bond donors (Lipinski definition) is 1. The van der Waals surface area contributed by atoms with Crippen LogP contribution in [0.5, 0.6) is 5.75 Å². The molecule has 3 aromatic carbocycles. The second kappa shape index (κ2) is 7.41. The maximum atomic E-state index is 12.7. The fraction of sp³-hybridized carbons (Fsp3) is 0.0455. The number of halogens is 1. The van der Waals surface area contributed by atoms with Crippen LogP contribution in [0.4, 0.5) is 11.4 Å². The van der Waals surface area contributed by atoms with Crippen molar-refractivity contribution in [1.29, 1.82) is 0 Å². The minimum absolute atomic E-state index is 0.281. The molecule has 0 saturated carbocycles. The Morgan fingerprint density at radius 3 is 2.24 bits per heavy atom. The molecule has 1 aliphatic heterocycles. The molecule has 0 unspecified atom stereocenters. The quantitative estimate of drug-likeness (QED) is 0.651. The predicted octanol–water partition coefficient (Wildman–Crippen LogP) is 4.40. The van der Waals surface area contributed by atoms with Gasteiger partial charge in [0.05, 0.1) is 23.9 Å². The van der Waals surface area contributed by atoms with Gasteiger partial charge in [-0.3, -0.25) is 14.4 Å². The SMILES string of the molecule is COc1cc(NC(=O)c2cccc(Cl)c2)ccc1N1C(=O)c2ccccc2C1=O. The summed E-state index contributed by atoms with van der Waals surface area (Å²) in [5, 5.41) is 3.21. The van der Waals surface area contributed by atoms with Gasteiger partial charge in [0, 0.05) is 22.3 Å². The van der Waals surface area contributed by atoms with Crippen LogP contribution < -0.4 is 15.0 Å². The molecule has 7 heteroatoms. The van der Waals surface area contributed by atoms with E-state index in [1.165, 1.54) is 7.11 Å². The lowest BCUT2D eigenvalue weighted by Gasteiger charge is -2.18. The van der Waals surface area contributed by atoms with Crippen molar-refractivity contribution in [2.75, 3.05) is 17.3 Å². The fourth-order valence-electron chi connectivity index (χ4n) is 3.18. The van der Waals surface area contributed by atoms with Gasteiger partial charge in [0.25, 0.3) is 17.7 Å². The van der Waals surface area contributed by atoms with Gasteiger partial charge < -0.3 is 10.1 Å². The highest BCUT2D eigenvalue weighted by atomic mass is 35.5. The summed E-state index contributed by atoms with van der Waals surface area (Å²) >= 11 is 5.93. The standard InChI is InChI=1S/C22H15ClN2O4/c1-29-19-12-15(24-20(26)13-5-4-6-14(23)11-13)9-10-18(19)25-21(27)16-7-2-3-8-17(16)22(25)28/h2-12H,1H3,(H,24,26). The van der Waals surface area contributed by atoms with Gasteiger partial charge in [-0.15, -0.1) is 0 Å². The molecule has 0 atom stereocenters. The molecular formula is C22H15ClN2O4. The number of methoxy groups -OCH3 is 1. The Bertz CT molecular complexity index is 1120. The lowest BCUT2D eigenvalue weighted by molar-refractivity contribution is 0.0923. The van der Waals surface area contributed by atoms with Crippen molar-refractivity contribution >= 4 is 40.7 Å². The zero-order chi connectivity index (χ0) is 20.5. The second-order valence-electron chi connectivity index (χ2n) is 6.34. The molecule has 1 heterocycles. The van der Waals surface area contributed by atoms with Crippen molar-refractivity contribution in [3.63, 3.8) is 0 Å². The van der Waals surface area contributed by atoms with Crippen LogP contribution in [0, 0.1) is 0 Å². The first-order chi connectivity index (χ1) is 14.0. The summed E-state index contributed by atoms with van der Waals surface area (Å²) in [6.45, 7) is 0. The minimum atomic E-state index is -0.417. The Morgan fingerprint density at radius 2 is 1.62 bits per heavy atom. The maximum absolute atomic E-state index is 12.7. The average molecular weight is 407 g/mol. The molecule has 29 heavy (non-hydrogen) atoms. The molecule has 0 fully saturated rings. The zero-order valence-corrected chi connectivity index (χ0v) is 16.1. The first-order valence-electron chi connectivity index (χ1n) is 8.72. The summed E-state index contributed by atoms with van der Waals surface area (Å²) in [7, 11) is 1.43. The van der Waals surface area contributed by atoms with Crippen molar-refractivity contribution in [1.82, 2.24) is 0 Å². The van der Waals surface area contributed by atoms with E-state index in [4.69, 9.17) is 16.3 Å². The van der Waals surface area contributed by atoms with Gasteiger partial charge in [0.1, 0.15) is 5.75 Å². The monoisotopic (exact) mass is 406 g/mol. The molecule has 144 valence electrons. The van der Waals surface area contributed by atoms with Crippen molar-refractivity contribution in [2.24, 2.45) is 0 Å². The lowest BCUT2D eigenvalue weighted by Crippen LogP contribution is -2.29. The summed E-state index contributed by atoms with van der Waals surface area (Å²) in [5.41, 5.74) is 1.85. The van der Waals surface area contributed by atoms with E-state index in [2.05, 4.69) is 5.32 Å². The van der Waals surface area contributed by atoms with E-state index in [9.17, 15) is 14.4 Å². The molecule has 0 radical (unpaired) electrons. The molecule has 1 N–H and O–H groups in total. The summed E-state index contributed by atoms with van der Waals surface area (Å²) < 4.78 is 5.38. The molecule has 4 rings (SSSR count). The Balaban J connectivity index is 1.64. The van der Waals surface area contributed by atoms with E-state index in [1.54, 1.807) is 66.7 Å². The number of anilines is 2. The van der Waals surface area contributed by atoms with Crippen LogP contribution in [0.1, 0.15) is 31.1 Å². The lowest BCUT2D eigenvalue weighted by atomic mass is 10.1.